The van der Waals surface area contributed by atoms with Gasteiger partial charge in [-0.05, 0) is 55.2 Å². The average molecular weight is 1040 g/mol. The summed E-state index contributed by atoms with van der Waals surface area (Å²) in [6, 6.07) is -4.24. The van der Waals surface area contributed by atoms with Crippen molar-refractivity contribution in [3.05, 3.63) is 29.8 Å². The van der Waals surface area contributed by atoms with Crippen LogP contribution in [0.1, 0.15) is 78.2 Å². The molecule has 11 amide bonds. The van der Waals surface area contributed by atoms with E-state index in [9.17, 15) is 63.0 Å². The number of unbranched alkanes of at least 4 members (excludes halogenated alkanes) is 1. The smallest absolute Gasteiger partial charge is 0.246 e. The first-order chi connectivity index (χ1) is 33.4. The van der Waals surface area contributed by atoms with Crippen molar-refractivity contribution in [2.24, 2.45) is 34.8 Å². The fourth-order valence-corrected chi connectivity index (χ4v) is 9.17. The van der Waals surface area contributed by atoms with Gasteiger partial charge in [-0.15, -0.1) is 0 Å². The van der Waals surface area contributed by atoms with Crippen LogP contribution in [0.4, 0.5) is 0 Å². The monoisotopic (exact) mass is 1040 g/mol. The van der Waals surface area contributed by atoms with E-state index in [2.05, 4.69) is 37.2 Å². The van der Waals surface area contributed by atoms with Crippen molar-refractivity contribution in [3.63, 3.8) is 0 Å². The molecule has 1 fully saturated rings. The van der Waals surface area contributed by atoms with Gasteiger partial charge in [0.25, 0.3) is 0 Å². The Labute approximate surface area is 419 Å². The van der Waals surface area contributed by atoms with Gasteiger partial charge in [-0.25, -0.2) is 0 Å². The number of carbonyl (C=O) groups is 11. The number of aromatic hydroxyl groups is 1. The minimum absolute atomic E-state index is 0.0568. The molecule has 27 heteroatoms. The number of aliphatic hydroxyl groups is 1. The summed E-state index contributed by atoms with van der Waals surface area (Å²) >= 11 is 0. The fourth-order valence-electron chi connectivity index (χ4n) is 6.89. The highest BCUT2D eigenvalue weighted by atomic mass is 33.1. The van der Waals surface area contributed by atoms with Gasteiger partial charge in [-0.3, -0.25) is 52.7 Å². The normalized spacial score (nSPS) is 21.7. The van der Waals surface area contributed by atoms with Crippen molar-refractivity contribution in [2.75, 3.05) is 37.7 Å². The van der Waals surface area contributed by atoms with Gasteiger partial charge in [-0.1, -0.05) is 67.8 Å². The third-order valence-electron chi connectivity index (χ3n) is 10.9. The Morgan fingerprint density at radius 1 is 0.775 bits per heavy atom. The summed E-state index contributed by atoms with van der Waals surface area (Å²) in [4.78, 5) is 148. The lowest BCUT2D eigenvalue weighted by atomic mass is 9.96. The third kappa shape index (κ3) is 22.6. The van der Waals surface area contributed by atoms with Crippen LogP contribution in [0.5, 0.6) is 5.75 Å². The molecule has 1 heterocycles. The van der Waals surface area contributed by atoms with Crippen LogP contribution in [0.15, 0.2) is 24.3 Å². The zero-order valence-corrected chi connectivity index (χ0v) is 42.0. The maximum Gasteiger partial charge on any atom is 0.246 e. The minimum atomic E-state index is -1.80. The minimum Gasteiger partial charge on any atom is -0.508 e. The van der Waals surface area contributed by atoms with Crippen molar-refractivity contribution in [1.29, 1.82) is 0 Å². The first-order valence-corrected chi connectivity index (χ1v) is 25.6. The van der Waals surface area contributed by atoms with Crippen molar-refractivity contribution >= 4 is 86.6 Å². The molecule has 1 aliphatic heterocycles. The van der Waals surface area contributed by atoms with Crippen LogP contribution in [0.2, 0.25) is 0 Å². The van der Waals surface area contributed by atoms with Crippen LogP contribution < -0.4 is 60.2 Å². The molecular formula is C44H70N12O13S2. The SMILES string of the molecule is CCC(C)[C@@H]1NC(=O)[C@H](Cc2ccc(O)cc2)NC(=O)[C@@H](N)CSSC[C@@H](C(=O)N(CCCCO)CC(=O)N[C@@H](CC(C)C)C(=O)NCC(N)=O)NC(=O)[C@H](CC(N)=O)NC(=O)[C@H](CCC(N)=O)NC1=O. The highest BCUT2D eigenvalue weighted by molar-refractivity contribution is 8.76. The molecule has 1 saturated heterocycles. The van der Waals surface area contributed by atoms with Crippen LogP contribution in [-0.2, 0) is 59.2 Å². The standard InChI is InChI=1S/C44H70N12O13S2/c1-5-24(4)37-43(68)51-28(12-13-33(46)59)40(65)53-31(18-34(47)60)41(66)54-32(22-71-70-21-27(45)38(63)52-30(42(67)55-37)17-25-8-10-26(58)11-9-25)44(69)56(14-6-7-15-57)20-36(62)50-29(16-23(2)3)39(64)49-19-35(48)61/h8-11,23-24,27-32,37,57-58H,5-7,12-22,45H2,1-4H3,(H2,46,59)(H2,47,60)(H2,48,61)(H,49,64)(H,50,62)(H,51,68)(H,52,63)(H,53,65)(H,54,66)(H,55,67)/t24?,27-,28-,29-,30-,31-,32-,37-/m0/s1. The molecule has 1 unspecified atom stereocenters. The third-order valence-corrected chi connectivity index (χ3v) is 13.4. The Morgan fingerprint density at radius 3 is 1.97 bits per heavy atom. The van der Waals surface area contributed by atoms with Gasteiger partial charge in [0.2, 0.25) is 65.0 Å². The first-order valence-electron chi connectivity index (χ1n) is 23.1. The Balaban J connectivity index is 2.69. The summed E-state index contributed by atoms with van der Waals surface area (Å²) < 4.78 is 0. The number of phenols is 1. The second-order valence-electron chi connectivity index (χ2n) is 17.5. The van der Waals surface area contributed by atoms with E-state index in [1.807, 2.05) is 0 Å². The zero-order chi connectivity index (χ0) is 53.4. The van der Waals surface area contributed by atoms with E-state index >= 15 is 0 Å². The van der Waals surface area contributed by atoms with Gasteiger partial charge in [0.05, 0.1) is 25.6 Å². The molecule has 17 N–H and O–H groups in total. The molecule has 0 aromatic heterocycles. The first kappa shape index (κ1) is 60.9. The molecule has 0 spiro atoms. The van der Waals surface area contributed by atoms with Crippen molar-refractivity contribution < 1.29 is 63.0 Å². The Hall–Kier alpha value is -6.19. The van der Waals surface area contributed by atoms with Crippen LogP contribution in [0.3, 0.4) is 0 Å². The molecule has 0 saturated carbocycles. The molecule has 8 atom stereocenters. The van der Waals surface area contributed by atoms with Crippen LogP contribution in [-0.4, -0.2) is 160 Å². The van der Waals surface area contributed by atoms with Gasteiger partial charge in [0, 0.05) is 37.5 Å². The van der Waals surface area contributed by atoms with Crippen molar-refractivity contribution in [3.8, 4) is 5.75 Å². The Kier molecular flexibility index (Phi) is 26.8. The molecule has 1 aromatic rings. The Morgan fingerprint density at radius 2 is 1.38 bits per heavy atom. The van der Waals surface area contributed by atoms with Crippen LogP contribution >= 0.6 is 21.6 Å². The van der Waals surface area contributed by atoms with Gasteiger partial charge in [0.1, 0.15) is 42.0 Å². The van der Waals surface area contributed by atoms with Gasteiger partial charge in [-0.2, -0.15) is 0 Å². The fraction of sp³-hybridized carbons (Fsp3) is 0.614. The second-order valence-corrected chi connectivity index (χ2v) is 20.0. The molecular weight excluding hydrogens is 969 g/mol. The lowest BCUT2D eigenvalue weighted by Gasteiger charge is -2.30. The summed E-state index contributed by atoms with van der Waals surface area (Å²) in [5.74, 6) is -11.0. The number of rotatable bonds is 22. The lowest BCUT2D eigenvalue weighted by Crippen LogP contribution is -2.61. The Bertz CT molecular complexity index is 2030. The maximum absolute atomic E-state index is 14.5. The van der Waals surface area contributed by atoms with E-state index in [0.29, 0.717) is 12.0 Å². The number of nitrogens with zero attached hydrogens (tertiary/aromatic N) is 1. The van der Waals surface area contributed by atoms with E-state index in [0.717, 1.165) is 26.5 Å². The molecule has 0 radical (unpaired) electrons. The average Bonchev–Trinajstić information content (AvgIpc) is 3.30. The number of nitrogens with one attached hydrogen (secondary N) is 7. The van der Waals surface area contributed by atoms with E-state index in [1.165, 1.54) is 24.3 Å². The molecule has 1 aliphatic rings. The number of carbonyl (C=O) groups excluding carboxylic acids is 11. The molecule has 71 heavy (non-hydrogen) atoms. The van der Waals surface area contributed by atoms with Crippen molar-refractivity contribution in [1.82, 2.24) is 42.1 Å². The zero-order valence-electron chi connectivity index (χ0n) is 40.4. The number of phenolic OH excluding ortho intramolecular Hbond substituents is 1. The van der Waals surface area contributed by atoms with E-state index in [-0.39, 0.29) is 62.0 Å². The van der Waals surface area contributed by atoms with E-state index in [4.69, 9.17) is 22.9 Å². The number of primary amides is 3. The molecule has 0 bridgehead atoms. The molecule has 25 nitrogen and oxygen atoms in total. The summed E-state index contributed by atoms with van der Waals surface area (Å²) in [6.07, 6.45) is -1.01. The van der Waals surface area contributed by atoms with Crippen molar-refractivity contribution in [2.45, 2.75) is 121 Å². The molecule has 0 aliphatic carbocycles. The van der Waals surface area contributed by atoms with Gasteiger partial charge < -0.3 is 75.3 Å². The summed E-state index contributed by atoms with van der Waals surface area (Å²) in [5, 5.41) is 37.0. The quantitative estimate of drug-likeness (QED) is 0.0389. The molecule has 1 aromatic carbocycles. The number of benzene rings is 1. The number of amides is 11. The lowest BCUT2D eigenvalue weighted by molar-refractivity contribution is -0.140. The number of aliphatic hydroxyl groups excluding tert-OH is 1. The summed E-state index contributed by atoms with van der Waals surface area (Å²) in [5.41, 5.74) is 22.9. The summed E-state index contributed by atoms with van der Waals surface area (Å²) in [7, 11) is 1.97. The number of hydrogen-bond acceptors (Lipinski definition) is 16. The van der Waals surface area contributed by atoms with E-state index in [1.54, 1.807) is 27.7 Å². The van der Waals surface area contributed by atoms with Crippen LogP contribution in [0.25, 0.3) is 0 Å². The highest BCUT2D eigenvalue weighted by Crippen LogP contribution is 2.24. The number of hydrogen-bond donors (Lipinski definition) is 13. The molecule has 2 rings (SSSR count). The summed E-state index contributed by atoms with van der Waals surface area (Å²) in [6.45, 7) is 5.35. The second kappa shape index (κ2) is 31.2. The largest absolute Gasteiger partial charge is 0.508 e. The molecule has 396 valence electrons. The van der Waals surface area contributed by atoms with Crippen LogP contribution in [0, 0.1) is 11.8 Å². The van der Waals surface area contributed by atoms with E-state index < -0.39 is 146 Å². The predicted octanol–water partition coefficient (Wildman–Crippen LogP) is -4.00. The van der Waals surface area contributed by atoms with Gasteiger partial charge in [0.15, 0.2) is 0 Å². The predicted molar refractivity (Wildman–Crippen MR) is 263 cm³/mol. The van der Waals surface area contributed by atoms with Gasteiger partial charge >= 0.3 is 0 Å². The maximum atomic E-state index is 14.5. The highest BCUT2D eigenvalue weighted by Gasteiger charge is 2.37. The topological polar surface area (TPSA) is 420 Å². The number of nitrogens with two attached hydrogens (primary N) is 4.